The lowest BCUT2D eigenvalue weighted by Crippen LogP contribution is -2.45. The Morgan fingerprint density at radius 1 is 1.33 bits per heavy atom. The van der Waals surface area contributed by atoms with Crippen LogP contribution in [0.1, 0.15) is 39.0 Å². The first-order valence-electron chi connectivity index (χ1n) is 6.31. The lowest BCUT2D eigenvalue weighted by Gasteiger charge is -2.32. The Bertz CT molecular complexity index is 286. The van der Waals surface area contributed by atoms with Crippen LogP contribution in [-0.4, -0.2) is 41.8 Å². The van der Waals surface area contributed by atoms with Gasteiger partial charge in [0, 0.05) is 6.54 Å². The molecule has 0 aromatic carbocycles. The first-order chi connectivity index (χ1) is 8.29. The largest absolute Gasteiger partial charge is 0.481 e. The molecule has 0 radical (unpaired) electrons. The molecule has 1 aliphatic carbocycles. The maximum absolute atomic E-state index is 12.4. The molecule has 3 nitrogen and oxygen atoms in total. The number of halogens is 3. The van der Waals surface area contributed by atoms with Crippen molar-refractivity contribution < 1.29 is 23.1 Å². The van der Waals surface area contributed by atoms with E-state index in [0.717, 1.165) is 12.8 Å². The quantitative estimate of drug-likeness (QED) is 0.804. The Balaban J connectivity index is 2.71. The molecule has 0 amide bonds. The zero-order valence-corrected chi connectivity index (χ0v) is 10.6. The first kappa shape index (κ1) is 15.3. The van der Waals surface area contributed by atoms with E-state index in [1.165, 1.54) is 4.90 Å². The molecule has 1 aliphatic rings. The van der Waals surface area contributed by atoms with Crippen LogP contribution < -0.4 is 0 Å². The molecule has 0 aromatic rings. The summed E-state index contributed by atoms with van der Waals surface area (Å²) >= 11 is 0. The molecule has 0 saturated heterocycles. The van der Waals surface area contributed by atoms with Crippen molar-refractivity contribution in [1.29, 1.82) is 0 Å². The summed E-state index contributed by atoms with van der Waals surface area (Å²) in [5, 5.41) is 9.27. The lowest BCUT2D eigenvalue weighted by molar-refractivity contribution is -0.160. The van der Waals surface area contributed by atoms with Gasteiger partial charge in [-0.15, -0.1) is 0 Å². The van der Waals surface area contributed by atoms with Gasteiger partial charge in [0.25, 0.3) is 0 Å². The highest BCUT2D eigenvalue weighted by Crippen LogP contribution is 2.39. The predicted octanol–water partition coefficient (Wildman–Crippen LogP) is 2.91. The van der Waals surface area contributed by atoms with E-state index in [9.17, 15) is 23.1 Å². The summed E-state index contributed by atoms with van der Waals surface area (Å²) in [4.78, 5) is 12.6. The van der Waals surface area contributed by atoms with Crippen molar-refractivity contribution in [3.05, 3.63) is 0 Å². The molecule has 1 fully saturated rings. The van der Waals surface area contributed by atoms with Crippen LogP contribution in [0.5, 0.6) is 0 Å². The second kappa shape index (κ2) is 5.91. The highest BCUT2D eigenvalue weighted by atomic mass is 19.4. The molecule has 106 valence electrons. The summed E-state index contributed by atoms with van der Waals surface area (Å²) in [6.45, 7) is 1.07. The average Bonchev–Trinajstić information content (AvgIpc) is 2.65. The SMILES string of the molecule is CCCN(CC(F)(F)F)CC1(C(=O)O)CCCC1. The maximum Gasteiger partial charge on any atom is 0.401 e. The van der Waals surface area contributed by atoms with Crippen molar-refractivity contribution >= 4 is 5.97 Å². The fourth-order valence-electron chi connectivity index (χ4n) is 2.70. The summed E-state index contributed by atoms with van der Waals surface area (Å²) in [6, 6.07) is 0. The molecule has 1 saturated carbocycles. The molecule has 0 unspecified atom stereocenters. The van der Waals surface area contributed by atoms with E-state index in [4.69, 9.17) is 0 Å². The van der Waals surface area contributed by atoms with Crippen LogP contribution in [0, 0.1) is 5.41 Å². The molecule has 0 aromatic heterocycles. The van der Waals surface area contributed by atoms with Crippen LogP contribution in [0.25, 0.3) is 0 Å². The number of rotatable bonds is 6. The number of carbonyl (C=O) groups is 1. The van der Waals surface area contributed by atoms with Crippen molar-refractivity contribution in [1.82, 2.24) is 4.90 Å². The van der Waals surface area contributed by atoms with Gasteiger partial charge in [-0.05, 0) is 25.8 Å². The van der Waals surface area contributed by atoms with Gasteiger partial charge < -0.3 is 5.11 Å². The van der Waals surface area contributed by atoms with Crippen molar-refractivity contribution in [3.8, 4) is 0 Å². The summed E-state index contributed by atoms with van der Waals surface area (Å²) in [5.74, 6) is -0.955. The van der Waals surface area contributed by atoms with Gasteiger partial charge in [0.05, 0.1) is 12.0 Å². The molecular formula is C12H20F3NO2. The zero-order chi connectivity index (χ0) is 13.8. The number of hydrogen-bond acceptors (Lipinski definition) is 2. The molecule has 18 heavy (non-hydrogen) atoms. The minimum atomic E-state index is -4.27. The van der Waals surface area contributed by atoms with E-state index in [1.807, 2.05) is 0 Å². The van der Waals surface area contributed by atoms with Crippen LogP contribution >= 0.6 is 0 Å². The number of alkyl halides is 3. The van der Waals surface area contributed by atoms with Crippen LogP contribution in [0.2, 0.25) is 0 Å². The second-order valence-corrected chi connectivity index (χ2v) is 5.12. The van der Waals surface area contributed by atoms with E-state index in [-0.39, 0.29) is 13.1 Å². The van der Waals surface area contributed by atoms with Gasteiger partial charge in [-0.2, -0.15) is 13.2 Å². The van der Waals surface area contributed by atoms with Crippen LogP contribution in [0.4, 0.5) is 13.2 Å². The first-order valence-corrected chi connectivity index (χ1v) is 6.31. The molecule has 6 heteroatoms. The number of nitrogens with zero attached hydrogens (tertiary/aromatic N) is 1. The summed E-state index contributed by atoms with van der Waals surface area (Å²) < 4.78 is 37.3. The van der Waals surface area contributed by atoms with Crippen LogP contribution in [0.15, 0.2) is 0 Å². The highest BCUT2D eigenvalue weighted by Gasteiger charge is 2.44. The van der Waals surface area contributed by atoms with Crippen LogP contribution in [0.3, 0.4) is 0 Å². The monoisotopic (exact) mass is 267 g/mol. The minimum absolute atomic E-state index is 0.00961. The van der Waals surface area contributed by atoms with Gasteiger partial charge in [0.15, 0.2) is 0 Å². The Labute approximate surface area is 105 Å². The average molecular weight is 267 g/mol. The standard InChI is InChI=1S/C12H20F3NO2/c1-2-7-16(9-12(13,14)15)8-11(10(17)18)5-3-4-6-11/h2-9H2,1H3,(H,17,18). The molecule has 1 rings (SSSR count). The van der Waals surface area contributed by atoms with Crippen molar-refractivity contribution in [3.63, 3.8) is 0 Å². The lowest BCUT2D eigenvalue weighted by atomic mass is 9.85. The molecule has 0 spiro atoms. The smallest absolute Gasteiger partial charge is 0.401 e. The Morgan fingerprint density at radius 2 is 1.89 bits per heavy atom. The number of hydrogen-bond donors (Lipinski definition) is 1. The molecule has 0 heterocycles. The Morgan fingerprint density at radius 3 is 2.28 bits per heavy atom. The normalized spacial score (nSPS) is 19.4. The van der Waals surface area contributed by atoms with Gasteiger partial charge in [-0.3, -0.25) is 9.69 Å². The highest BCUT2D eigenvalue weighted by molar-refractivity contribution is 5.75. The number of aliphatic carboxylic acids is 1. The zero-order valence-electron chi connectivity index (χ0n) is 10.6. The minimum Gasteiger partial charge on any atom is -0.481 e. The van der Waals surface area contributed by atoms with E-state index in [0.29, 0.717) is 19.3 Å². The van der Waals surface area contributed by atoms with Crippen molar-refractivity contribution in [2.75, 3.05) is 19.6 Å². The molecule has 0 atom stereocenters. The van der Waals surface area contributed by atoms with Crippen molar-refractivity contribution in [2.45, 2.75) is 45.2 Å². The molecule has 0 aliphatic heterocycles. The summed E-state index contributed by atoms with van der Waals surface area (Å²) in [5.41, 5.74) is -0.972. The Kier molecular flexibility index (Phi) is 5.01. The summed E-state index contributed by atoms with van der Waals surface area (Å²) in [6.07, 6.45) is -1.13. The van der Waals surface area contributed by atoms with E-state index in [2.05, 4.69) is 0 Å². The summed E-state index contributed by atoms with van der Waals surface area (Å²) in [7, 11) is 0. The third-order valence-corrected chi connectivity index (χ3v) is 3.48. The number of carboxylic acid groups (broad SMARTS) is 1. The predicted molar refractivity (Wildman–Crippen MR) is 61.3 cm³/mol. The van der Waals surface area contributed by atoms with Gasteiger partial charge in [0.1, 0.15) is 0 Å². The van der Waals surface area contributed by atoms with Gasteiger partial charge in [0.2, 0.25) is 0 Å². The van der Waals surface area contributed by atoms with E-state index in [1.54, 1.807) is 6.92 Å². The van der Waals surface area contributed by atoms with Gasteiger partial charge >= 0.3 is 12.1 Å². The molecule has 1 N–H and O–H groups in total. The van der Waals surface area contributed by atoms with E-state index < -0.39 is 24.1 Å². The fraction of sp³-hybridized carbons (Fsp3) is 0.917. The van der Waals surface area contributed by atoms with Gasteiger partial charge in [-0.25, -0.2) is 0 Å². The maximum atomic E-state index is 12.4. The number of carboxylic acids is 1. The van der Waals surface area contributed by atoms with Gasteiger partial charge in [-0.1, -0.05) is 19.8 Å². The molecular weight excluding hydrogens is 247 g/mol. The second-order valence-electron chi connectivity index (χ2n) is 5.12. The fourth-order valence-corrected chi connectivity index (χ4v) is 2.70. The van der Waals surface area contributed by atoms with Crippen LogP contribution in [-0.2, 0) is 4.79 Å². The third-order valence-electron chi connectivity index (χ3n) is 3.48. The third kappa shape index (κ3) is 4.15. The van der Waals surface area contributed by atoms with Crippen molar-refractivity contribution in [2.24, 2.45) is 5.41 Å². The van der Waals surface area contributed by atoms with E-state index >= 15 is 0 Å². The topological polar surface area (TPSA) is 40.5 Å². The molecule has 0 bridgehead atoms. The Hall–Kier alpha value is -0.780.